The fraction of sp³-hybridized carbons (Fsp3) is 0.0952. The molecule has 0 atom stereocenters. The summed E-state index contributed by atoms with van der Waals surface area (Å²) in [6, 6.07) is 19.9. The second kappa shape index (κ2) is 5.85. The molecule has 1 amide bonds. The van der Waals surface area contributed by atoms with Gasteiger partial charge in [-0.25, -0.2) is 0 Å². The van der Waals surface area contributed by atoms with Crippen LogP contribution >= 0.6 is 0 Å². The molecule has 0 aliphatic heterocycles. The lowest BCUT2D eigenvalue weighted by Gasteiger charge is -2.08. The number of hydrogen-bond acceptors (Lipinski definition) is 2. The molecule has 118 valence electrons. The first-order valence-electron chi connectivity index (χ1n) is 7.96. The number of aryl methyl sites for hydroxylation is 1. The fourth-order valence-corrected chi connectivity index (χ4v) is 3.09. The number of amides is 1. The van der Waals surface area contributed by atoms with Crippen LogP contribution in [0.15, 0.2) is 71.3 Å². The van der Waals surface area contributed by atoms with E-state index in [-0.39, 0.29) is 12.3 Å². The highest BCUT2D eigenvalue weighted by Gasteiger charge is 2.13. The van der Waals surface area contributed by atoms with Crippen LogP contribution in [-0.4, -0.2) is 5.91 Å². The van der Waals surface area contributed by atoms with Crippen molar-refractivity contribution in [2.24, 2.45) is 0 Å². The van der Waals surface area contributed by atoms with E-state index in [4.69, 9.17) is 4.42 Å². The molecular weight excluding hydrogens is 298 g/mol. The van der Waals surface area contributed by atoms with Gasteiger partial charge in [0.1, 0.15) is 5.58 Å². The van der Waals surface area contributed by atoms with E-state index in [0.29, 0.717) is 0 Å². The van der Waals surface area contributed by atoms with Crippen molar-refractivity contribution in [1.82, 2.24) is 0 Å². The summed E-state index contributed by atoms with van der Waals surface area (Å²) in [5, 5.41) is 6.26. The summed E-state index contributed by atoms with van der Waals surface area (Å²) >= 11 is 0. The molecule has 0 radical (unpaired) electrons. The third kappa shape index (κ3) is 2.54. The summed E-state index contributed by atoms with van der Waals surface area (Å²) in [7, 11) is 0. The molecule has 3 aromatic carbocycles. The van der Waals surface area contributed by atoms with Gasteiger partial charge in [-0.3, -0.25) is 4.79 Å². The summed E-state index contributed by atoms with van der Waals surface area (Å²) in [4.78, 5) is 12.5. The summed E-state index contributed by atoms with van der Waals surface area (Å²) in [5.74, 6) is -0.0417. The summed E-state index contributed by atoms with van der Waals surface area (Å²) in [6.07, 6.45) is 1.98. The Morgan fingerprint density at radius 3 is 2.67 bits per heavy atom. The normalized spacial score (nSPS) is 11.0. The van der Waals surface area contributed by atoms with Gasteiger partial charge in [-0.15, -0.1) is 0 Å². The minimum Gasteiger partial charge on any atom is -0.464 e. The van der Waals surface area contributed by atoms with Gasteiger partial charge >= 0.3 is 0 Å². The van der Waals surface area contributed by atoms with E-state index in [9.17, 15) is 4.79 Å². The minimum atomic E-state index is -0.0417. The Hall–Kier alpha value is -3.07. The van der Waals surface area contributed by atoms with Crippen LogP contribution in [0.1, 0.15) is 11.1 Å². The van der Waals surface area contributed by atoms with Crippen LogP contribution in [0.5, 0.6) is 0 Å². The molecule has 3 heteroatoms. The number of hydrogen-bond donors (Lipinski definition) is 1. The Morgan fingerprint density at radius 1 is 1.00 bits per heavy atom. The van der Waals surface area contributed by atoms with Crippen molar-refractivity contribution in [3.8, 4) is 0 Å². The van der Waals surface area contributed by atoms with Crippen molar-refractivity contribution in [3.05, 3.63) is 78.1 Å². The summed E-state index contributed by atoms with van der Waals surface area (Å²) in [6.45, 7) is 1.98. The van der Waals surface area contributed by atoms with Gasteiger partial charge in [0.05, 0.1) is 12.7 Å². The van der Waals surface area contributed by atoms with Crippen molar-refractivity contribution in [2.75, 3.05) is 5.32 Å². The first-order valence-corrected chi connectivity index (χ1v) is 7.96. The average molecular weight is 315 g/mol. The molecule has 3 nitrogen and oxygen atoms in total. The Bertz CT molecular complexity index is 1050. The SMILES string of the molecule is Cc1ccccc1NC(=O)Cc1coc2ccc3ccccc3c12. The molecule has 0 aliphatic carbocycles. The molecule has 0 aliphatic rings. The Kier molecular flexibility index (Phi) is 3.54. The zero-order valence-electron chi connectivity index (χ0n) is 13.4. The van der Waals surface area contributed by atoms with Crippen LogP contribution in [0.2, 0.25) is 0 Å². The minimum absolute atomic E-state index is 0.0417. The number of rotatable bonds is 3. The number of carbonyl (C=O) groups excluding carboxylic acids is 1. The van der Waals surface area contributed by atoms with Crippen LogP contribution in [0.25, 0.3) is 21.7 Å². The molecular formula is C21H17NO2. The van der Waals surface area contributed by atoms with Gasteiger partial charge in [0.15, 0.2) is 0 Å². The Balaban J connectivity index is 1.68. The van der Waals surface area contributed by atoms with Gasteiger partial charge in [-0.1, -0.05) is 48.5 Å². The largest absolute Gasteiger partial charge is 0.464 e. The van der Waals surface area contributed by atoms with E-state index in [1.54, 1.807) is 6.26 Å². The molecule has 0 bridgehead atoms. The highest BCUT2D eigenvalue weighted by molar-refractivity contribution is 6.09. The average Bonchev–Trinajstić information content (AvgIpc) is 3.00. The number of anilines is 1. The van der Waals surface area contributed by atoms with Crippen molar-refractivity contribution in [3.63, 3.8) is 0 Å². The molecule has 1 heterocycles. The highest BCUT2D eigenvalue weighted by atomic mass is 16.3. The van der Waals surface area contributed by atoms with Crippen molar-refractivity contribution in [2.45, 2.75) is 13.3 Å². The zero-order chi connectivity index (χ0) is 16.5. The van der Waals surface area contributed by atoms with Crippen LogP contribution in [0.3, 0.4) is 0 Å². The van der Waals surface area contributed by atoms with E-state index in [1.807, 2.05) is 55.5 Å². The Labute approximate surface area is 139 Å². The molecule has 1 N–H and O–H groups in total. The third-order valence-electron chi connectivity index (χ3n) is 4.31. The number of carbonyl (C=O) groups is 1. The molecule has 1 aromatic heterocycles. The van der Waals surface area contributed by atoms with Gasteiger partial charge in [-0.2, -0.15) is 0 Å². The molecule has 0 unspecified atom stereocenters. The zero-order valence-corrected chi connectivity index (χ0v) is 13.4. The number of para-hydroxylation sites is 1. The smallest absolute Gasteiger partial charge is 0.228 e. The highest BCUT2D eigenvalue weighted by Crippen LogP contribution is 2.30. The van der Waals surface area contributed by atoms with E-state index < -0.39 is 0 Å². The molecule has 0 spiro atoms. The number of furan rings is 1. The van der Waals surface area contributed by atoms with E-state index in [0.717, 1.165) is 38.6 Å². The maximum absolute atomic E-state index is 12.5. The quantitative estimate of drug-likeness (QED) is 0.573. The lowest BCUT2D eigenvalue weighted by Crippen LogP contribution is -2.14. The van der Waals surface area contributed by atoms with Gasteiger partial charge in [0.2, 0.25) is 5.91 Å². The van der Waals surface area contributed by atoms with Gasteiger partial charge < -0.3 is 9.73 Å². The number of nitrogens with one attached hydrogen (secondary N) is 1. The van der Waals surface area contributed by atoms with E-state index in [2.05, 4.69) is 17.4 Å². The first kappa shape index (κ1) is 14.5. The van der Waals surface area contributed by atoms with Crippen molar-refractivity contribution in [1.29, 1.82) is 0 Å². The maximum atomic E-state index is 12.5. The number of benzene rings is 3. The standard InChI is InChI=1S/C21H17NO2/c1-14-6-2-5-9-18(14)22-20(23)12-16-13-24-19-11-10-15-7-3-4-8-17(15)21(16)19/h2-11,13H,12H2,1H3,(H,22,23). The topological polar surface area (TPSA) is 42.2 Å². The second-order valence-electron chi connectivity index (χ2n) is 5.96. The van der Waals surface area contributed by atoms with Crippen LogP contribution in [-0.2, 0) is 11.2 Å². The van der Waals surface area contributed by atoms with Crippen molar-refractivity contribution < 1.29 is 9.21 Å². The van der Waals surface area contributed by atoms with Crippen LogP contribution < -0.4 is 5.32 Å². The Morgan fingerprint density at radius 2 is 1.79 bits per heavy atom. The molecule has 24 heavy (non-hydrogen) atoms. The van der Waals surface area contributed by atoms with Gasteiger partial charge in [0.25, 0.3) is 0 Å². The molecule has 0 saturated heterocycles. The van der Waals surface area contributed by atoms with E-state index in [1.165, 1.54) is 0 Å². The van der Waals surface area contributed by atoms with Crippen LogP contribution in [0.4, 0.5) is 5.69 Å². The predicted molar refractivity (Wildman–Crippen MR) is 97.2 cm³/mol. The lowest BCUT2D eigenvalue weighted by atomic mass is 10.0. The fourth-order valence-electron chi connectivity index (χ4n) is 3.09. The molecule has 0 saturated carbocycles. The monoisotopic (exact) mass is 315 g/mol. The molecule has 0 fully saturated rings. The maximum Gasteiger partial charge on any atom is 0.228 e. The molecule has 4 aromatic rings. The van der Waals surface area contributed by atoms with Crippen LogP contribution in [0, 0.1) is 6.92 Å². The van der Waals surface area contributed by atoms with E-state index >= 15 is 0 Å². The predicted octanol–water partition coefficient (Wildman–Crippen LogP) is 5.08. The second-order valence-corrected chi connectivity index (χ2v) is 5.96. The van der Waals surface area contributed by atoms with Gasteiger partial charge in [-0.05, 0) is 35.4 Å². The summed E-state index contributed by atoms with van der Waals surface area (Å²) in [5.41, 5.74) is 3.62. The van der Waals surface area contributed by atoms with Gasteiger partial charge in [0, 0.05) is 16.6 Å². The lowest BCUT2D eigenvalue weighted by molar-refractivity contribution is -0.115. The third-order valence-corrected chi connectivity index (χ3v) is 4.31. The van der Waals surface area contributed by atoms with Crippen molar-refractivity contribution >= 4 is 33.3 Å². The summed E-state index contributed by atoms with van der Waals surface area (Å²) < 4.78 is 5.65. The first-order chi connectivity index (χ1) is 11.7. The number of fused-ring (bicyclic) bond motifs is 3. The molecule has 4 rings (SSSR count).